The number of carbonyl (C=O) groups is 1. The first kappa shape index (κ1) is 23.0. The van der Waals surface area contributed by atoms with E-state index < -0.39 is 0 Å². The highest BCUT2D eigenvalue weighted by Gasteiger charge is 2.20. The van der Waals surface area contributed by atoms with Crippen LogP contribution in [0.15, 0.2) is 91.3 Å². The number of aromatic nitrogens is 2. The number of rotatable bonds is 9. The number of nitriles is 1. The van der Waals surface area contributed by atoms with Gasteiger partial charge in [-0.2, -0.15) is 10.4 Å². The number of aryl methyl sites for hydroxylation is 1. The van der Waals surface area contributed by atoms with Crippen molar-refractivity contribution in [1.82, 2.24) is 15.1 Å². The third-order valence-corrected chi connectivity index (χ3v) is 5.73. The summed E-state index contributed by atoms with van der Waals surface area (Å²) in [5.41, 5.74) is 5.63. The average Bonchev–Trinajstić information content (AvgIpc) is 3.31. The Hall–Kier alpha value is -4.21. The van der Waals surface area contributed by atoms with Crippen molar-refractivity contribution in [3.05, 3.63) is 108 Å². The van der Waals surface area contributed by atoms with Crippen molar-refractivity contribution in [2.45, 2.75) is 12.3 Å². The second-order valence-corrected chi connectivity index (χ2v) is 8.20. The van der Waals surface area contributed by atoms with Crippen LogP contribution in [0.25, 0.3) is 11.1 Å². The van der Waals surface area contributed by atoms with Crippen LogP contribution in [0.5, 0.6) is 0 Å². The van der Waals surface area contributed by atoms with Crippen LogP contribution >= 0.6 is 0 Å². The van der Waals surface area contributed by atoms with Crippen LogP contribution in [0, 0.1) is 11.3 Å². The molecule has 0 fully saturated rings. The minimum Gasteiger partial charge on any atom is -0.326 e. The summed E-state index contributed by atoms with van der Waals surface area (Å²) in [4.78, 5) is 13.2. The lowest BCUT2D eigenvalue weighted by molar-refractivity contribution is -0.117. The SMILES string of the molecule is Cn1cc(-c2ccc(NC(=O)C(CNCCc3ccc(C#N)cc3)c3ccccc3)cc2)cn1. The van der Waals surface area contributed by atoms with Crippen molar-refractivity contribution in [3.63, 3.8) is 0 Å². The van der Waals surface area contributed by atoms with E-state index in [1.165, 1.54) is 0 Å². The highest BCUT2D eigenvalue weighted by Crippen LogP contribution is 2.22. The Morgan fingerprint density at radius 3 is 2.38 bits per heavy atom. The zero-order chi connectivity index (χ0) is 23.8. The molecule has 4 rings (SSSR count). The Morgan fingerprint density at radius 2 is 1.74 bits per heavy atom. The van der Waals surface area contributed by atoms with Crippen molar-refractivity contribution in [2.24, 2.45) is 7.05 Å². The molecule has 0 saturated heterocycles. The molecule has 6 nitrogen and oxygen atoms in total. The molecule has 4 aromatic rings. The minimum atomic E-state index is -0.319. The van der Waals surface area contributed by atoms with Gasteiger partial charge in [-0.15, -0.1) is 0 Å². The van der Waals surface area contributed by atoms with Crippen molar-refractivity contribution in [1.29, 1.82) is 5.26 Å². The topological polar surface area (TPSA) is 82.7 Å². The summed E-state index contributed by atoms with van der Waals surface area (Å²) in [5.74, 6) is -0.369. The molecule has 3 aromatic carbocycles. The Kier molecular flexibility index (Phi) is 7.49. The number of anilines is 1. The minimum absolute atomic E-state index is 0.0498. The molecule has 6 heteroatoms. The average molecular weight is 450 g/mol. The molecule has 0 aliphatic heterocycles. The first-order valence-electron chi connectivity index (χ1n) is 11.3. The quantitative estimate of drug-likeness (QED) is 0.368. The Bertz CT molecular complexity index is 1250. The summed E-state index contributed by atoms with van der Waals surface area (Å²) in [7, 11) is 1.89. The van der Waals surface area contributed by atoms with Gasteiger partial charge in [-0.25, -0.2) is 0 Å². The van der Waals surface area contributed by atoms with E-state index in [4.69, 9.17) is 5.26 Å². The van der Waals surface area contributed by atoms with Gasteiger partial charge in [0.1, 0.15) is 0 Å². The summed E-state index contributed by atoms with van der Waals surface area (Å²) in [6.07, 6.45) is 4.61. The van der Waals surface area contributed by atoms with Gasteiger partial charge >= 0.3 is 0 Å². The number of carbonyl (C=O) groups excluding carboxylic acids is 1. The second kappa shape index (κ2) is 11.1. The van der Waals surface area contributed by atoms with E-state index >= 15 is 0 Å². The van der Waals surface area contributed by atoms with E-state index in [0.717, 1.165) is 40.9 Å². The lowest BCUT2D eigenvalue weighted by atomic mass is 9.97. The van der Waals surface area contributed by atoms with E-state index in [1.54, 1.807) is 4.68 Å². The summed E-state index contributed by atoms with van der Waals surface area (Å²) in [5, 5.41) is 19.6. The van der Waals surface area contributed by atoms with Gasteiger partial charge in [-0.1, -0.05) is 54.6 Å². The van der Waals surface area contributed by atoms with Crippen LogP contribution < -0.4 is 10.6 Å². The normalized spacial score (nSPS) is 11.5. The fourth-order valence-electron chi connectivity index (χ4n) is 3.82. The standard InChI is InChI=1S/C28H27N5O/c1-33-20-25(18-31-33)23-11-13-26(14-12-23)32-28(34)27(24-5-3-2-4-6-24)19-30-16-15-21-7-9-22(17-29)10-8-21/h2-14,18,20,27,30H,15-16,19H2,1H3,(H,32,34). The number of amides is 1. The van der Waals surface area contributed by atoms with Gasteiger partial charge in [0.15, 0.2) is 0 Å². The lowest BCUT2D eigenvalue weighted by Gasteiger charge is -2.18. The van der Waals surface area contributed by atoms with E-state index in [9.17, 15) is 4.79 Å². The van der Waals surface area contributed by atoms with Crippen LogP contribution in [0.4, 0.5) is 5.69 Å². The van der Waals surface area contributed by atoms with Crippen LogP contribution in [0.1, 0.15) is 22.6 Å². The predicted octanol–water partition coefficient (Wildman–Crippen LogP) is 4.51. The maximum Gasteiger partial charge on any atom is 0.233 e. The fourth-order valence-corrected chi connectivity index (χ4v) is 3.82. The van der Waals surface area contributed by atoms with Gasteiger partial charge < -0.3 is 10.6 Å². The highest BCUT2D eigenvalue weighted by atomic mass is 16.1. The number of nitrogens with one attached hydrogen (secondary N) is 2. The van der Waals surface area contributed by atoms with Crippen LogP contribution in [-0.4, -0.2) is 28.8 Å². The highest BCUT2D eigenvalue weighted by molar-refractivity contribution is 5.96. The maximum atomic E-state index is 13.2. The van der Waals surface area contributed by atoms with Gasteiger partial charge in [0, 0.05) is 31.0 Å². The first-order valence-corrected chi connectivity index (χ1v) is 11.3. The van der Waals surface area contributed by atoms with Gasteiger partial charge in [0.05, 0.1) is 23.7 Å². The van der Waals surface area contributed by atoms with Gasteiger partial charge in [0.2, 0.25) is 5.91 Å². The fraction of sp³-hybridized carbons (Fsp3) is 0.179. The summed E-state index contributed by atoms with van der Waals surface area (Å²) in [6, 6.07) is 27.4. The summed E-state index contributed by atoms with van der Waals surface area (Å²) >= 11 is 0. The molecular formula is C28H27N5O. The molecule has 1 heterocycles. The zero-order valence-corrected chi connectivity index (χ0v) is 19.1. The van der Waals surface area contributed by atoms with E-state index in [-0.39, 0.29) is 11.8 Å². The number of benzene rings is 3. The molecule has 0 aliphatic carbocycles. The van der Waals surface area contributed by atoms with Crippen molar-refractivity contribution in [3.8, 4) is 17.2 Å². The van der Waals surface area contributed by atoms with E-state index in [0.29, 0.717) is 12.1 Å². The van der Waals surface area contributed by atoms with Crippen LogP contribution in [0.3, 0.4) is 0 Å². The van der Waals surface area contributed by atoms with Gasteiger partial charge in [0.25, 0.3) is 0 Å². The molecule has 0 aliphatic rings. The number of hydrogen-bond donors (Lipinski definition) is 2. The first-order chi connectivity index (χ1) is 16.6. The van der Waals surface area contributed by atoms with Crippen molar-refractivity contribution >= 4 is 11.6 Å². The molecule has 2 N–H and O–H groups in total. The number of nitrogens with zero attached hydrogens (tertiary/aromatic N) is 3. The third kappa shape index (κ3) is 5.97. The van der Waals surface area contributed by atoms with Gasteiger partial charge in [-0.05, 0) is 53.9 Å². The Labute approximate surface area is 199 Å². The second-order valence-electron chi connectivity index (χ2n) is 8.20. The molecule has 0 radical (unpaired) electrons. The molecule has 34 heavy (non-hydrogen) atoms. The number of hydrogen-bond acceptors (Lipinski definition) is 4. The van der Waals surface area contributed by atoms with Crippen LogP contribution in [0.2, 0.25) is 0 Å². The molecule has 170 valence electrons. The zero-order valence-electron chi connectivity index (χ0n) is 19.1. The summed E-state index contributed by atoms with van der Waals surface area (Å²) < 4.78 is 1.77. The maximum absolute atomic E-state index is 13.2. The smallest absolute Gasteiger partial charge is 0.233 e. The lowest BCUT2D eigenvalue weighted by Crippen LogP contribution is -2.32. The molecule has 0 spiro atoms. The molecule has 0 saturated carbocycles. The molecular weight excluding hydrogens is 422 g/mol. The summed E-state index contributed by atoms with van der Waals surface area (Å²) in [6.45, 7) is 1.27. The van der Waals surface area contributed by atoms with E-state index in [2.05, 4.69) is 21.8 Å². The third-order valence-electron chi connectivity index (χ3n) is 5.73. The molecule has 1 atom stereocenters. The van der Waals surface area contributed by atoms with Crippen LogP contribution in [-0.2, 0) is 18.3 Å². The largest absolute Gasteiger partial charge is 0.326 e. The Morgan fingerprint density at radius 1 is 1.00 bits per heavy atom. The molecule has 0 bridgehead atoms. The molecule has 1 unspecified atom stereocenters. The van der Waals surface area contributed by atoms with Crippen molar-refractivity contribution < 1.29 is 4.79 Å². The van der Waals surface area contributed by atoms with Gasteiger partial charge in [-0.3, -0.25) is 9.48 Å². The predicted molar refractivity (Wildman–Crippen MR) is 134 cm³/mol. The molecule has 1 aromatic heterocycles. The monoisotopic (exact) mass is 449 g/mol. The molecule has 1 amide bonds. The Balaban J connectivity index is 1.38. The van der Waals surface area contributed by atoms with Crippen molar-refractivity contribution in [2.75, 3.05) is 18.4 Å². The van der Waals surface area contributed by atoms with E-state index in [1.807, 2.05) is 98.3 Å².